The maximum atomic E-state index is 13.0. The molecule has 1 unspecified atom stereocenters. The molecule has 9 nitrogen and oxygen atoms in total. The minimum Gasteiger partial charge on any atom is -0.497 e. The Balaban J connectivity index is 1.45. The summed E-state index contributed by atoms with van der Waals surface area (Å²) in [5.41, 5.74) is 0.376. The Labute approximate surface area is 181 Å². The van der Waals surface area contributed by atoms with Gasteiger partial charge in [0.05, 0.1) is 31.8 Å². The van der Waals surface area contributed by atoms with Crippen molar-refractivity contribution in [3.05, 3.63) is 48.2 Å². The molecule has 166 valence electrons. The smallest absolute Gasteiger partial charge is 0.259 e. The highest BCUT2D eigenvalue weighted by atomic mass is 32.2. The van der Waals surface area contributed by atoms with E-state index in [4.69, 9.17) is 14.2 Å². The van der Waals surface area contributed by atoms with Crippen molar-refractivity contribution in [2.45, 2.75) is 17.4 Å². The molecule has 2 aliphatic rings. The molecule has 0 aliphatic carbocycles. The summed E-state index contributed by atoms with van der Waals surface area (Å²) < 4.78 is 43.7. The first-order chi connectivity index (χ1) is 15.0. The van der Waals surface area contributed by atoms with Crippen LogP contribution < -0.4 is 9.47 Å². The molecule has 2 saturated heterocycles. The number of hydrogen-bond donors (Lipinski definition) is 0. The number of amides is 1. The summed E-state index contributed by atoms with van der Waals surface area (Å²) in [5, 5.41) is 0. The van der Waals surface area contributed by atoms with Gasteiger partial charge in [0, 0.05) is 25.8 Å². The first-order valence-corrected chi connectivity index (χ1v) is 11.6. The number of benzene rings is 1. The summed E-state index contributed by atoms with van der Waals surface area (Å²) >= 11 is 0. The van der Waals surface area contributed by atoms with E-state index < -0.39 is 10.0 Å². The first-order valence-electron chi connectivity index (χ1n) is 10.1. The maximum absolute atomic E-state index is 13.0. The van der Waals surface area contributed by atoms with Crippen molar-refractivity contribution in [3.8, 4) is 11.6 Å². The van der Waals surface area contributed by atoms with Crippen LogP contribution in [0.1, 0.15) is 16.8 Å². The van der Waals surface area contributed by atoms with Crippen molar-refractivity contribution in [3.63, 3.8) is 0 Å². The molecule has 0 radical (unpaired) electrons. The van der Waals surface area contributed by atoms with Crippen LogP contribution in [0.4, 0.5) is 0 Å². The Morgan fingerprint density at radius 3 is 2.58 bits per heavy atom. The monoisotopic (exact) mass is 447 g/mol. The molecule has 2 aliphatic heterocycles. The van der Waals surface area contributed by atoms with Crippen LogP contribution in [0.3, 0.4) is 0 Å². The molecule has 4 rings (SSSR count). The van der Waals surface area contributed by atoms with E-state index >= 15 is 0 Å². The number of carbonyl (C=O) groups excluding carboxylic acids is 1. The molecule has 1 aromatic carbocycles. The van der Waals surface area contributed by atoms with Gasteiger partial charge in [-0.15, -0.1) is 0 Å². The lowest BCUT2D eigenvalue weighted by atomic mass is 10.2. The number of aromatic nitrogens is 1. The largest absolute Gasteiger partial charge is 0.497 e. The Hall–Kier alpha value is -2.69. The van der Waals surface area contributed by atoms with Gasteiger partial charge < -0.3 is 19.1 Å². The van der Waals surface area contributed by atoms with Crippen molar-refractivity contribution in [2.24, 2.45) is 0 Å². The summed E-state index contributed by atoms with van der Waals surface area (Å²) in [6.07, 6.45) is 1.68. The van der Waals surface area contributed by atoms with Crippen molar-refractivity contribution >= 4 is 15.9 Å². The first kappa shape index (κ1) is 21.5. The summed E-state index contributed by atoms with van der Waals surface area (Å²) in [6.45, 7) is 2.57. The number of rotatable bonds is 6. The lowest BCUT2D eigenvalue weighted by Gasteiger charge is -2.27. The molecule has 2 fully saturated rings. The highest BCUT2D eigenvalue weighted by Crippen LogP contribution is 2.26. The van der Waals surface area contributed by atoms with Gasteiger partial charge in [0.25, 0.3) is 5.91 Å². The maximum Gasteiger partial charge on any atom is 0.259 e. The zero-order chi connectivity index (χ0) is 21.8. The predicted octanol–water partition coefficient (Wildman–Crippen LogP) is 1.40. The topological polar surface area (TPSA) is 98.3 Å². The summed E-state index contributed by atoms with van der Waals surface area (Å²) in [5.74, 6) is 0.661. The minimum absolute atomic E-state index is 0.160. The molecule has 1 atom stereocenters. The van der Waals surface area contributed by atoms with E-state index in [0.29, 0.717) is 50.6 Å². The van der Waals surface area contributed by atoms with E-state index in [1.54, 1.807) is 35.4 Å². The lowest BCUT2D eigenvalue weighted by molar-refractivity contribution is 0.0298. The Morgan fingerprint density at radius 2 is 1.87 bits per heavy atom. The Bertz CT molecular complexity index is 1020. The zero-order valence-electron chi connectivity index (χ0n) is 17.3. The molecule has 31 heavy (non-hydrogen) atoms. The fourth-order valence-electron chi connectivity index (χ4n) is 3.65. The second kappa shape index (κ2) is 9.21. The number of morpholine rings is 1. The molecular formula is C21H25N3O6S. The Morgan fingerprint density at radius 1 is 1.13 bits per heavy atom. The fraction of sp³-hybridized carbons (Fsp3) is 0.429. The van der Waals surface area contributed by atoms with Crippen LogP contribution in [-0.2, 0) is 14.8 Å². The van der Waals surface area contributed by atoms with Crippen LogP contribution in [0, 0.1) is 0 Å². The van der Waals surface area contributed by atoms with Crippen molar-refractivity contribution < 1.29 is 27.4 Å². The number of ether oxygens (including phenoxy) is 3. The standard InChI is InChI=1S/C21H25N3O6S/c1-28-16-4-6-18(7-5-16)31(26,27)24-10-8-17(15-24)30-20-19(3-2-9-22-20)21(25)23-11-13-29-14-12-23/h2-7,9,17H,8,10-15H2,1H3. The van der Waals surface area contributed by atoms with Crippen LogP contribution in [0.2, 0.25) is 0 Å². The van der Waals surface area contributed by atoms with Gasteiger partial charge in [-0.1, -0.05) is 0 Å². The minimum atomic E-state index is -3.64. The normalized spacial score (nSPS) is 19.9. The molecule has 0 spiro atoms. The van der Waals surface area contributed by atoms with Gasteiger partial charge >= 0.3 is 0 Å². The zero-order valence-corrected chi connectivity index (χ0v) is 18.1. The van der Waals surface area contributed by atoms with Gasteiger partial charge in [-0.2, -0.15) is 4.31 Å². The number of methoxy groups -OCH3 is 1. The molecule has 0 bridgehead atoms. The van der Waals surface area contributed by atoms with Gasteiger partial charge in [-0.05, 0) is 42.8 Å². The number of pyridine rings is 1. The summed E-state index contributed by atoms with van der Waals surface area (Å²) in [4.78, 5) is 19.0. The van der Waals surface area contributed by atoms with Gasteiger partial charge in [0.2, 0.25) is 15.9 Å². The Kier molecular flexibility index (Phi) is 6.40. The van der Waals surface area contributed by atoms with E-state index in [1.807, 2.05) is 0 Å². The lowest BCUT2D eigenvalue weighted by Crippen LogP contribution is -2.41. The average molecular weight is 448 g/mol. The predicted molar refractivity (Wildman–Crippen MR) is 112 cm³/mol. The van der Waals surface area contributed by atoms with E-state index in [9.17, 15) is 13.2 Å². The van der Waals surface area contributed by atoms with Gasteiger partial charge in [-0.3, -0.25) is 4.79 Å². The number of nitrogens with zero attached hydrogens (tertiary/aromatic N) is 3. The highest BCUT2D eigenvalue weighted by molar-refractivity contribution is 7.89. The fourth-order valence-corrected chi connectivity index (χ4v) is 5.14. The van der Waals surface area contributed by atoms with Crippen LogP contribution in [0.15, 0.2) is 47.5 Å². The van der Waals surface area contributed by atoms with E-state index in [2.05, 4.69) is 4.98 Å². The van der Waals surface area contributed by atoms with E-state index in [1.165, 1.54) is 23.5 Å². The number of carbonyl (C=O) groups is 1. The van der Waals surface area contributed by atoms with Gasteiger partial charge in [0.1, 0.15) is 17.4 Å². The second-order valence-electron chi connectivity index (χ2n) is 7.33. The van der Waals surface area contributed by atoms with Crippen LogP contribution in [0.25, 0.3) is 0 Å². The summed E-state index contributed by atoms with van der Waals surface area (Å²) in [6, 6.07) is 9.67. The van der Waals surface area contributed by atoms with Crippen molar-refractivity contribution in [1.29, 1.82) is 0 Å². The average Bonchev–Trinajstić information content (AvgIpc) is 3.29. The van der Waals surface area contributed by atoms with Crippen LogP contribution in [0.5, 0.6) is 11.6 Å². The summed E-state index contributed by atoms with van der Waals surface area (Å²) in [7, 11) is -2.11. The quantitative estimate of drug-likeness (QED) is 0.660. The molecule has 0 saturated carbocycles. The molecule has 2 aromatic rings. The third-order valence-corrected chi connectivity index (χ3v) is 7.26. The van der Waals surface area contributed by atoms with Gasteiger partial charge in [-0.25, -0.2) is 13.4 Å². The van der Waals surface area contributed by atoms with Gasteiger partial charge in [0.15, 0.2) is 0 Å². The molecule has 0 N–H and O–H groups in total. The third kappa shape index (κ3) is 4.65. The SMILES string of the molecule is COc1ccc(S(=O)(=O)N2CCC(Oc3ncccc3C(=O)N3CCOCC3)C2)cc1. The molecule has 1 aromatic heterocycles. The van der Waals surface area contributed by atoms with E-state index in [-0.39, 0.29) is 29.3 Å². The molecule has 3 heterocycles. The highest BCUT2D eigenvalue weighted by Gasteiger charge is 2.34. The molecular weight excluding hydrogens is 422 g/mol. The molecule has 10 heteroatoms. The van der Waals surface area contributed by atoms with E-state index in [0.717, 1.165) is 0 Å². The number of hydrogen-bond acceptors (Lipinski definition) is 7. The van der Waals surface area contributed by atoms with Crippen molar-refractivity contribution in [1.82, 2.24) is 14.2 Å². The number of sulfonamides is 1. The van der Waals surface area contributed by atoms with Crippen LogP contribution in [-0.4, -0.2) is 81.1 Å². The third-order valence-electron chi connectivity index (χ3n) is 5.38. The second-order valence-corrected chi connectivity index (χ2v) is 9.27. The molecule has 1 amide bonds. The van der Waals surface area contributed by atoms with Crippen LogP contribution >= 0.6 is 0 Å². The van der Waals surface area contributed by atoms with Crippen molar-refractivity contribution in [2.75, 3.05) is 46.5 Å².